The standard InChI is InChI=1S/C26H28N4O5S2/c1-16(2)35-20-5-7-21(8-6-20)37(33,34)30-11-10-19(13-30)23-14-29(15-25(31)32)24-12-18(4-9-22(23)24)26-28-27-17(3)36-26/h4-9,12,14,16,19H,10-11,13,15H2,1-3H3,(H,31,32). The van der Waals surface area contributed by atoms with E-state index < -0.39 is 16.0 Å². The van der Waals surface area contributed by atoms with Gasteiger partial charge >= 0.3 is 5.97 Å². The van der Waals surface area contributed by atoms with Crippen LogP contribution in [0.4, 0.5) is 0 Å². The van der Waals surface area contributed by atoms with E-state index in [4.69, 9.17) is 4.74 Å². The molecule has 0 aliphatic carbocycles. The monoisotopic (exact) mass is 540 g/mol. The largest absolute Gasteiger partial charge is 0.491 e. The molecule has 0 bridgehead atoms. The lowest BCUT2D eigenvalue weighted by Gasteiger charge is -2.17. The number of hydrogen-bond donors (Lipinski definition) is 1. The molecule has 4 aromatic rings. The molecule has 11 heteroatoms. The summed E-state index contributed by atoms with van der Waals surface area (Å²) in [5.74, 6) is -0.367. The molecule has 5 rings (SSSR count). The predicted molar refractivity (Wildman–Crippen MR) is 142 cm³/mol. The van der Waals surface area contributed by atoms with E-state index in [0.717, 1.165) is 32.0 Å². The fraction of sp³-hybridized carbons (Fsp3) is 0.346. The number of benzene rings is 2. The van der Waals surface area contributed by atoms with E-state index in [2.05, 4.69) is 10.2 Å². The van der Waals surface area contributed by atoms with Crippen LogP contribution in [0, 0.1) is 6.92 Å². The molecule has 1 atom stereocenters. The molecular formula is C26H28N4O5S2. The number of aromatic nitrogens is 3. The molecule has 2 aromatic heterocycles. The van der Waals surface area contributed by atoms with Crippen LogP contribution < -0.4 is 4.74 Å². The Kier molecular flexibility index (Phi) is 6.78. The number of aryl methyl sites for hydroxylation is 1. The van der Waals surface area contributed by atoms with Crippen molar-refractivity contribution >= 4 is 38.2 Å². The minimum absolute atomic E-state index is 0.00323. The van der Waals surface area contributed by atoms with Crippen LogP contribution in [0.5, 0.6) is 5.75 Å². The summed E-state index contributed by atoms with van der Waals surface area (Å²) in [5.41, 5.74) is 2.61. The van der Waals surface area contributed by atoms with E-state index in [9.17, 15) is 18.3 Å². The van der Waals surface area contributed by atoms with Gasteiger partial charge in [-0.15, -0.1) is 10.2 Å². The SMILES string of the molecule is Cc1nnc(-c2ccc3c(C4CCN(S(=O)(=O)c5ccc(OC(C)C)cc5)C4)cn(CC(=O)O)c3c2)s1. The second kappa shape index (κ2) is 9.88. The lowest BCUT2D eigenvalue weighted by Crippen LogP contribution is -2.28. The van der Waals surface area contributed by atoms with E-state index in [0.29, 0.717) is 25.3 Å². The Morgan fingerprint density at radius 2 is 1.95 bits per heavy atom. The summed E-state index contributed by atoms with van der Waals surface area (Å²) in [6.45, 7) is 6.26. The smallest absolute Gasteiger partial charge is 0.323 e. The molecule has 0 amide bonds. The van der Waals surface area contributed by atoms with E-state index >= 15 is 0 Å². The van der Waals surface area contributed by atoms with Gasteiger partial charge < -0.3 is 14.4 Å². The number of carbonyl (C=O) groups is 1. The average Bonchev–Trinajstić information content (AvgIpc) is 3.58. The Morgan fingerprint density at radius 3 is 2.59 bits per heavy atom. The van der Waals surface area contributed by atoms with Gasteiger partial charge in [0.25, 0.3) is 0 Å². The van der Waals surface area contributed by atoms with Gasteiger partial charge in [-0.3, -0.25) is 4.79 Å². The summed E-state index contributed by atoms with van der Waals surface area (Å²) in [4.78, 5) is 11.8. The summed E-state index contributed by atoms with van der Waals surface area (Å²) in [6, 6.07) is 12.4. The number of aliphatic carboxylic acids is 1. The number of nitrogens with zero attached hydrogens (tertiary/aromatic N) is 4. The average molecular weight is 541 g/mol. The van der Waals surface area contributed by atoms with Crippen LogP contribution in [-0.2, 0) is 21.4 Å². The predicted octanol–water partition coefficient (Wildman–Crippen LogP) is 4.52. The van der Waals surface area contributed by atoms with Gasteiger partial charge in [-0.2, -0.15) is 4.31 Å². The fourth-order valence-corrected chi connectivity index (χ4v) is 6.97. The maximum absolute atomic E-state index is 13.4. The van der Waals surface area contributed by atoms with Crippen molar-refractivity contribution in [1.29, 1.82) is 0 Å². The number of fused-ring (bicyclic) bond motifs is 1. The molecule has 1 aliphatic rings. The van der Waals surface area contributed by atoms with Crippen molar-refractivity contribution < 1.29 is 23.1 Å². The third kappa shape index (κ3) is 5.11. The number of ether oxygens (including phenoxy) is 1. The zero-order valence-electron chi connectivity index (χ0n) is 20.8. The highest BCUT2D eigenvalue weighted by atomic mass is 32.2. The zero-order valence-corrected chi connectivity index (χ0v) is 22.4. The molecule has 2 aromatic carbocycles. The fourth-order valence-electron chi connectivity index (χ4n) is 4.78. The van der Waals surface area contributed by atoms with Crippen molar-refractivity contribution in [3.05, 3.63) is 59.2 Å². The molecule has 1 N–H and O–H groups in total. The second-order valence-corrected chi connectivity index (χ2v) is 12.6. The van der Waals surface area contributed by atoms with E-state index in [-0.39, 0.29) is 23.5 Å². The Morgan fingerprint density at radius 1 is 1.19 bits per heavy atom. The number of sulfonamides is 1. The number of hydrogen-bond acceptors (Lipinski definition) is 7. The third-order valence-electron chi connectivity index (χ3n) is 6.42. The van der Waals surface area contributed by atoms with Gasteiger partial charge in [0, 0.05) is 41.7 Å². The summed E-state index contributed by atoms with van der Waals surface area (Å²) in [5, 5.41) is 20.3. The van der Waals surface area contributed by atoms with Crippen molar-refractivity contribution in [2.24, 2.45) is 0 Å². The first-order chi connectivity index (χ1) is 17.6. The Balaban J connectivity index is 1.43. The lowest BCUT2D eigenvalue weighted by atomic mass is 9.97. The lowest BCUT2D eigenvalue weighted by molar-refractivity contribution is -0.137. The second-order valence-electron chi connectivity index (χ2n) is 9.45. The number of carboxylic acid groups (broad SMARTS) is 1. The first-order valence-electron chi connectivity index (χ1n) is 12.0. The number of carboxylic acids is 1. The van der Waals surface area contributed by atoms with Crippen LogP contribution in [0.1, 0.15) is 36.8 Å². The Hall–Kier alpha value is -3.28. The molecule has 9 nitrogen and oxygen atoms in total. The zero-order chi connectivity index (χ0) is 26.3. The maximum atomic E-state index is 13.4. The molecule has 0 saturated carbocycles. The molecule has 0 spiro atoms. The normalized spacial score (nSPS) is 16.6. The van der Waals surface area contributed by atoms with Gasteiger partial charge in [0.15, 0.2) is 0 Å². The Bertz CT molecular complexity index is 1560. The summed E-state index contributed by atoms with van der Waals surface area (Å²) in [7, 11) is -3.67. The highest BCUT2D eigenvalue weighted by molar-refractivity contribution is 7.89. The molecule has 1 saturated heterocycles. The van der Waals surface area contributed by atoms with Crippen LogP contribution in [0.3, 0.4) is 0 Å². The Labute approximate surface area is 219 Å². The molecule has 1 unspecified atom stereocenters. The number of rotatable bonds is 8. The van der Waals surface area contributed by atoms with Gasteiger partial charge in [0.05, 0.1) is 11.0 Å². The first kappa shape index (κ1) is 25.4. The molecule has 1 fully saturated rings. The van der Waals surface area contributed by atoms with Gasteiger partial charge in [-0.25, -0.2) is 8.42 Å². The summed E-state index contributed by atoms with van der Waals surface area (Å²) < 4.78 is 35.6. The topological polar surface area (TPSA) is 115 Å². The molecule has 1 aliphatic heterocycles. The van der Waals surface area contributed by atoms with Crippen LogP contribution >= 0.6 is 11.3 Å². The summed E-state index contributed by atoms with van der Waals surface area (Å²) >= 11 is 1.48. The highest BCUT2D eigenvalue weighted by Crippen LogP contribution is 2.38. The van der Waals surface area contributed by atoms with Crippen LogP contribution in [-0.4, -0.2) is 57.8 Å². The molecular weight excluding hydrogens is 512 g/mol. The minimum atomic E-state index is -3.67. The highest BCUT2D eigenvalue weighted by Gasteiger charge is 2.34. The van der Waals surface area contributed by atoms with Crippen molar-refractivity contribution in [2.45, 2.75) is 50.7 Å². The van der Waals surface area contributed by atoms with Gasteiger partial charge in [0.2, 0.25) is 10.0 Å². The molecule has 37 heavy (non-hydrogen) atoms. The van der Waals surface area contributed by atoms with Crippen LogP contribution in [0.2, 0.25) is 0 Å². The summed E-state index contributed by atoms with van der Waals surface area (Å²) in [6.07, 6.45) is 2.51. The van der Waals surface area contributed by atoms with E-state index in [1.807, 2.05) is 45.2 Å². The van der Waals surface area contributed by atoms with Gasteiger partial charge in [-0.05, 0) is 63.1 Å². The van der Waals surface area contributed by atoms with Crippen LogP contribution in [0.25, 0.3) is 21.5 Å². The van der Waals surface area contributed by atoms with Crippen LogP contribution in [0.15, 0.2) is 53.6 Å². The van der Waals surface area contributed by atoms with Gasteiger partial charge in [-0.1, -0.05) is 23.5 Å². The third-order valence-corrected chi connectivity index (χ3v) is 9.18. The molecule has 194 valence electrons. The minimum Gasteiger partial charge on any atom is -0.491 e. The molecule has 3 heterocycles. The van der Waals surface area contributed by atoms with Crippen molar-refractivity contribution in [3.63, 3.8) is 0 Å². The molecule has 0 radical (unpaired) electrons. The van der Waals surface area contributed by atoms with Crippen molar-refractivity contribution in [3.8, 4) is 16.3 Å². The maximum Gasteiger partial charge on any atom is 0.323 e. The van der Waals surface area contributed by atoms with Crippen molar-refractivity contribution in [2.75, 3.05) is 13.1 Å². The van der Waals surface area contributed by atoms with Crippen molar-refractivity contribution in [1.82, 2.24) is 19.1 Å². The first-order valence-corrected chi connectivity index (χ1v) is 14.3. The van der Waals surface area contributed by atoms with E-state index in [1.54, 1.807) is 28.8 Å². The quantitative estimate of drug-likeness (QED) is 0.349. The van der Waals surface area contributed by atoms with Gasteiger partial charge in [0.1, 0.15) is 22.3 Å². The van der Waals surface area contributed by atoms with E-state index in [1.165, 1.54) is 15.6 Å².